The van der Waals surface area contributed by atoms with Crippen molar-refractivity contribution in [3.05, 3.63) is 0 Å². The second-order valence-electron chi connectivity index (χ2n) is 5.95. The summed E-state index contributed by atoms with van der Waals surface area (Å²) in [6, 6.07) is 0.374. The average Bonchev–Trinajstić information content (AvgIpc) is 3.02. The molecule has 2 fully saturated rings. The molecule has 1 amide bonds. The summed E-state index contributed by atoms with van der Waals surface area (Å²) in [6.45, 7) is 2.68. The van der Waals surface area contributed by atoms with Crippen molar-refractivity contribution in [1.82, 2.24) is 5.32 Å². The lowest BCUT2D eigenvalue weighted by molar-refractivity contribution is -0.131. The molecular formula is C14H26N2O. The van der Waals surface area contributed by atoms with Gasteiger partial charge in [0.1, 0.15) is 0 Å². The van der Waals surface area contributed by atoms with Crippen molar-refractivity contribution in [3.63, 3.8) is 0 Å². The van der Waals surface area contributed by atoms with E-state index in [4.69, 9.17) is 5.73 Å². The number of nitrogens with one attached hydrogen (secondary N) is 1. The van der Waals surface area contributed by atoms with Crippen LogP contribution < -0.4 is 11.1 Å². The minimum absolute atomic E-state index is 0.227. The van der Waals surface area contributed by atoms with Crippen LogP contribution >= 0.6 is 0 Å². The molecule has 98 valence electrons. The van der Waals surface area contributed by atoms with Gasteiger partial charge in [0.25, 0.3) is 0 Å². The molecule has 0 spiro atoms. The molecule has 1 atom stereocenters. The minimum atomic E-state index is -0.239. The number of amides is 1. The van der Waals surface area contributed by atoms with Gasteiger partial charge in [-0.15, -0.1) is 0 Å². The molecule has 0 aromatic rings. The Balaban J connectivity index is 1.88. The van der Waals surface area contributed by atoms with E-state index >= 15 is 0 Å². The number of carbonyl (C=O) groups excluding carboxylic acids is 1. The molecule has 3 nitrogen and oxygen atoms in total. The highest BCUT2D eigenvalue weighted by Gasteiger charge is 2.40. The Hall–Kier alpha value is -0.570. The second kappa shape index (κ2) is 5.38. The highest BCUT2D eigenvalue weighted by molar-refractivity contribution is 5.83. The van der Waals surface area contributed by atoms with Crippen LogP contribution in [0.25, 0.3) is 0 Å². The number of carbonyl (C=O) groups is 1. The topological polar surface area (TPSA) is 55.1 Å². The molecule has 2 aliphatic carbocycles. The lowest BCUT2D eigenvalue weighted by Gasteiger charge is -2.28. The van der Waals surface area contributed by atoms with Gasteiger partial charge in [0, 0.05) is 12.6 Å². The van der Waals surface area contributed by atoms with Crippen LogP contribution in [0.15, 0.2) is 0 Å². The molecule has 0 aromatic carbocycles. The Labute approximate surface area is 105 Å². The normalized spacial score (nSPS) is 24.6. The maximum atomic E-state index is 12.4. The average molecular weight is 238 g/mol. The maximum Gasteiger partial charge on any atom is 0.227 e. The van der Waals surface area contributed by atoms with Crippen LogP contribution in [0, 0.1) is 11.3 Å². The van der Waals surface area contributed by atoms with E-state index in [2.05, 4.69) is 12.2 Å². The molecule has 2 aliphatic rings. The number of nitrogens with two attached hydrogens (primary N) is 1. The largest absolute Gasteiger partial charge is 0.353 e. The molecule has 2 rings (SSSR count). The standard InChI is InChI=1S/C14H26N2O/c1-2-12(9-11-5-6-11)16-13(17)14(10-15)7-3-4-8-14/h11-12H,2-10,15H2,1H3,(H,16,17). The van der Waals surface area contributed by atoms with Crippen molar-refractivity contribution >= 4 is 5.91 Å². The molecule has 0 saturated heterocycles. The van der Waals surface area contributed by atoms with E-state index in [0.717, 1.165) is 38.0 Å². The molecule has 17 heavy (non-hydrogen) atoms. The van der Waals surface area contributed by atoms with Gasteiger partial charge in [0.2, 0.25) is 5.91 Å². The second-order valence-corrected chi connectivity index (χ2v) is 5.95. The Bertz CT molecular complexity index is 267. The summed E-state index contributed by atoms with van der Waals surface area (Å²) in [5.41, 5.74) is 5.60. The molecule has 0 aromatic heterocycles. The number of rotatable bonds is 6. The highest BCUT2D eigenvalue weighted by atomic mass is 16.2. The molecule has 0 bridgehead atoms. The minimum Gasteiger partial charge on any atom is -0.353 e. The summed E-state index contributed by atoms with van der Waals surface area (Å²) < 4.78 is 0. The van der Waals surface area contributed by atoms with Crippen LogP contribution in [0.5, 0.6) is 0 Å². The lowest BCUT2D eigenvalue weighted by atomic mass is 9.85. The van der Waals surface area contributed by atoms with Gasteiger partial charge < -0.3 is 11.1 Å². The van der Waals surface area contributed by atoms with Crippen LogP contribution in [0.1, 0.15) is 58.3 Å². The van der Waals surface area contributed by atoms with Gasteiger partial charge in [-0.3, -0.25) is 4.79 Å². The predicted octanol–water partition coefficient (Wildman–Crippen LogP) is 2.20. The monoisotopic (exact) mass is 238 g/mol. The Morgan fingerprint density at radius 2 is 2.06 bits per heavy atom. The first-order valence-electron chi connectivity index (χ1n) is 7.21. The van der Waals surface area contributed by atoms with Gasteiger partial charge >= 0.3 is 0 Å². The zero-order chi connectivity index (χ0) is 12.3. The van der Waals surface area contributed by atoms with Crippen LogP contribution in [0.3, 0.4) is 0 Å². The van der Waals surface area contributed by atoms with Crippen molar-refractivity contribution < 1.29 is 4.79 Å². The van der Waals surface area contributed by atoms with Crippen molar-refractivity contribution in [3.8, 4) is 0 Å². The van der Waals surface area contributed by atoms with Crippen molar-refractivity contribution in [2.75, 3.05) is 6.54 Å². The van der Waals surface area contributed by atoms with Crippen LogP contribution in [-0.4, -0.2) is 18.5 Å². The number of hydrogen-bond donors (Lipinski definition) is 2. The molecule has 2 saturated carbocycles. The summed E-state index contributed by atoms with van der Waals surface area (Å²) in [4.78, 5) is 12.4. The summed E-state index contributed by atoms with van der Waals surface area (Å²) >= 11 is 0. The van der Waals surface area contributed by atoms with Gasteiger partial charge in [-0.05, 0) is 31.6 Å². The summed E-state index contributed by atoms with van der Waals surface area (Å²) in [7, 11) is 0. The summed E-state index contributed by atoms with van der Waals surface area (Å²) in [5.74, 6) is 1.10. The third-order valence-electron chi connectivity index (χ3n) is 4.58. The zero-order valence-corrected chi connectivity index (χ0v) is 11.0. The quantitative estimate of drug-likeness (QED) is 0.745. The van der Waals surface area contributed by atoms with E-state index < -0.39 is 0 Å². The van der Waals surface area contributed by atoms with Crippen molar-refractivity contribution in [2.45, 2.75) is 64.3 Å². The van der Waals surface area contributed by atoms with Crippen LogP contribution in [0.4, 0.5) is 0 Å². The van der Waals surface area contributed by atoms with Crippen molar-refractivity contribution in [1.29, 1.82) is 0 Å². The van der Waals surface area contributed by atoms with E-state index in [1.165, 1.54) is 19.3 Å². The fourth-order valence-corrected chi connectivity index (χ4v) is 3.00. The van der Waals surface area contributed by atoms with Crippen LogP contribution in [0.2, 0.25) is 0 Å². The fourth-order valence-electron chi connectivity index (χ4n) is 3.00. The third kappa shape index (κ3) is 3.01. The fraction of sp³-hybridized carbons (Fsp3) is 0.929. The van der Waals surface area contributed by atoms with Gasteiger partial charge in [0.15, 0.2) is 0 Å². The SMILES string of the molecule is CCC(CC1CC1)NC(=O)C1(CN)CCCC1. The number of hydrogen-bond acceptors (Lipinski definition) is 2. The maximum absolute atomic E-state index is 12.4. The van der Waals surface area contributed by atoms with Gasteiger partial charge in [-0.1, -0.05) is 32.6 Å². The van der Waals surface area contributed by atoms with Gasteiger partial charge in [0.05, 0.1) is 5.41 Å². The molecule has 1 unspecified atom stereocenters. The first-order chi connectivity index (χ1) is 8.20. The van der Waals surface area contributed by atoms with Crippen LogP contribution in [-0.2, 0) is 4.79 Å². The Morgan fingerprint density at radius 3 is 2.53 bits per heavy atom. The third-order valence-corrected chi connectivity index (χ3v) is 4.58. The molecule has 0 radical (unpaired) electrons. The molecule has 0 aliphatic heterocycles. The zero-order valence-electron chi connectivity index (χ0n) is 11.0. The van der Waals surface area contributed by atoms with E-state index in [9.17, 15) is 4.79 Å². The van der Waals surface area contributed by atoms with E-state index in [-0.39, 0.29) is 11.3 Å². The summed E-state index contributed by atoms with van der Waals surface area (Å²) in [5, 5.41) is 3.25. The van der Waals surface area contributed by atoms with E-state index in [1.54, 1.807) is 0 Å². The highest BCUT2D eigenvalue weighted by Crippen LogP contribution is 2.38. The van der Waals surface area contributed by atoms with Gasteiger partial charge in [-0.2, -0.15) is 0 Å². The molecule has 3 heteroatoms. The Morgan fingerprint density at radius 1 is 1.41 bits per heavy atom. The summed E-state index contributed by atoms with van der Waals surface area (Å²) in [6.07, 6.45) is 9.20. The first-order valence-corrected chi connectivity index (χ1v) is 7.21. The lowest BCUT2D eigenvalue weighted by Crippen LogP contribution is -2.48. The van der Waals surface area contributed by atoms with E-state index in [0.29, 0.717) is 12.6 Å². The molecule has 3 N–H and O–H groups in total. The van der Waals surface area contributed by atoms with Crippen molar-refractivity contribution in [2.24, 2.45) is 17.1 Å². The smallest absolute Gasteiger partial charge is 0.227 e. The molecular weight excluding hydrogens is 212 g/mol. The van der Waals surface area contributed by atoms with Gasteiger partial charge in [-0.25, -0.2) is 0 Å². The molecule has 0 heterocycles. The predicted molar refractivity (Wildman–Crippen MR) is 69.5 cm³/mol. The first kappa shape index (κ1) is 12.9. The Kier molecular flexibility index (Phi) is 4.08. The van der Waals surface area contributed by atoms with E-state index in [1.807, 2.05) is 0 Å².